The van der Waals surface area contributed by atoms with Crippen LogP contribution in [0.2, 0.25) is 0 Å². The Morgan fingerprint density at radius 2 is 1.57 bits per heavy atom. The molecule has 0 saturated heterocycles. The Labute approximate surface area is 134 Å². The Balaban J connectivity index is 1.90. The number of carbonyl (C=O) groups is 2. The summed E-state index contributed by atoms with van der Waals surface area (Å²) in [4.78, 5) is 23.2. The third-order valence-electron chi connectivity index (χ3n) is 3.22. The van der Waals surface area contributed by atoms with Gasteiger partial charge in [0.2, 0.25) is 5.91 Å². The molecule has 4 N–H and O–H groups in total. The lowest BCUT2D eigenvalue weighted by atomic mass is 10.1. The fraction of sp³-hybridized carbons (Fsp3) is 0.176. The van der Waals surface area contributed by atoms with Crippen molar-refractivity contribution in [2.45, 2.75) is 12.5 Å². The van der Waals surface area contributed by atoms with Crippen LogP contribution in [0.25, 0.3) is 0 Å². The molecule has 6 nitrogen and oxygen atoms in total. The van der Waals surface area contributed by atoms with Crippen molar-refractivity contribution in [3.8, 4) is 0 Å². The highest BCUT2D eigenvalue weighted by molar-refractivity contribution is 5.95. The van der Waals surface area contributed by atoms with Crippen LogP contribution < -0.4 is 16.4 Å². The molecule has 0 aliphatic heterocycles. The maximum atomic E-state index is 12.1. The van der Waals surface area contributed by atoms with Gasteiger partial charge in [-0.1, -0.05) is 30.3 Å². The van der Waals surface area contributed by atoms with Gasteiger partial charge in [0.1, 0.15) is 0 Å². The zero-order valence-corrected chi connectivity index (χ0v) is 12.8. The van der Waals surface area contributed by atoms with Gasteiger partial charge in [-0.05, 0) is 36.2 Å². The number of nitrogens with one attached hydrogen (secondary N) is 2. The van der Waals surface area contributed by atoms with Gasteiger partial charge >= 0.3 is 6.09 Å². The van der Waals surface area contributed by atoms with Gasteiger partial charge in [0, 0.05) is 11.4 Å². The van der Waals surface area contributed by atoms with E-state index in [1.165, 1.54) is 7.11 Å². The number of nitrogens with two attached hydrogens (primary N) is 1. The van der Waals surface area contributed by atoms with E-state index in [2.05, 4.69) is 15.4 Å². The summed E-state index contributed by atoms with van der Waals surface area (Å²) >= 11 is 0. The van der Waals surface area contributed by atoms with Gasteiger partial charge in [-0.25, -0.2) is 4.79 Å². The second-order valence-electron chi connectivity index (χ2n) is 4.98. The minimum atomic E-state index is -0.634. The Kier molecular flexibility index (Phi) is 5.71. The monoisotopic (exact) mass is 313 g/mol. The van der Waals surface area contributed by atoms with Crippen LogP contribution in [0.15, 0.2) is 54.6 Å². The van der Waals surface area contributed by atoms with Gasteiger partial charge in [-0.3, -0.25) is 10.1 Å². The summed E-state index contributed by atoms with van der Waals surface area (Å²) in [7, 11) is 1.29. The summed E-state index contributed by atoms with van der Waals surface area (Å²) in [5.74, 6) is -0.262. The van der Waals surface area contributed by atoms with E-state index in [1.54, 1.807) is 24.3 Å². The number of hydrogen-bond acceptors (Lipinski definition) is 4. The van der Waals surface area contributed by atoms with Crippen LogP contribution in [0.5, 0.6) is 0 Å². The molecule has 0 heterocycles. The number of anilines is 2. The minimum Gasteiger partial charge on any atom is -0.453 e. The van der Waals surface area contributed by atoms with Crippen molar-refractivity contribution < 1.29 is 14.3 Å². The SMILES string of the molecule is COC(=O)Nc1ccc(NC(=O)[C@@H](N)Cc2ccccc2)cc1. The molecule has 23 heavy (non-hydrogen) atoms. The van der Waals surface area contributed by atoms with Crippen LogP contribution in [-0.4, -0.2) is 25.2 Å². The van der Waals surface area contributed by atoms with Crippen molar-refractivity contribution in [3.05, 3.63) is 60.2 Å². The average Bonchev–Trinajstić information content (AvgIpc) is 2.57. The number of methoxy groups -OCH3 is 1. The van der Waals surface area contributed by atoms with Crippen molar-refractivity contribution in [3.63, 3.8) is 0 Å². The fourth-order valence-corrected chi connectivity index (χ4v) is 2.00. The van der Waals surface area contributed by atoms with E-state index in [0.29, 0.717) is 17.8 Å². The highest BCUT2D eigenvalue weighted by Gasteiger charge is 2.14. The van der Waals surface area contributed by atoms with Crippen LogP contribution >= 0.6 is 0 Å². The molecule has 120 valence electrons. The highest BCUT2D eigenvalue weighted by Crippen LogP contribution is 2.14. The molecule has 0 radical (unpaired) electrons. The molecule has 0 saturated carbocycles. The molecule has 0 unspecified atom stereocenters. The molecular formula is C17H19N3O3. The standard InChI is InChI=1S/C17H19N3O3/c1-23-17(22)20-14-9-7-13(8-10-14)19-16(21)15(18)11-12-5-3-2-4-6-12/h2-10,15H,11,18H2,1H3,(H,19,21)(H,20,22)/t15-/m0/s1. The average molecular weight is 313 g/mol. The van der Waals surface area contributed by atoms with E-state index >= 15 is 0 Å². The molecule has 0 aliphatic rings. The lowest BCUT2D eigenvalue weighted by molar-refractivity contribution is -0.117. The van der Waals surface area contributed by atoms with E-state index in [1.807, 2.05) is 30.3 Å². The number of amides is 2. The molecule has 0 fully saturated rings. The van der Waals surface area contributed by atoms with E-state index in [4.69, 9.17) is 5.73 Å². The highest BCUT2D eigenvalue weighted by atomic mass is 16.5. The molecule has 2 aromatic carbocycles. The van der Waals surface area contributed by atoms with Crippen molar-refractivity contribution in [1.29, 1.82) is 0 Å². The number of ether oxygens (including phenoxy) is 1. The summed E-state index contributed by atoms with van der Waals surface area (Å²) in [5.41, 5.74) is 8.11. The first-order chi connectivity index (χ1) is 11.1. The first-order valence-corrected chi connectivity index (χ1v) is 7.14. The zero-order chi connectivity index (χ0) is 16.7. The zero-order valence-electron chi connectivity index (χ0n) is 12.8. The van der Waals surface area contributed by atoms with Crippen LogP contribution in [0.3, 0.4) is 0 Å². The molecule has 1 atom stereocenters. The summed E-state index contributed by atoms with van der Waals surface area (Å²) in [6.45, 7) is 0. The smallest absolute Gasteiger partial charge is 0.411 e. The maximum absolute atomic E-state index is 12.1. The predicted molar refractivity (Wildman–Crippen MR) is 89.2 cm³/mol. The second kappa shape index (κ2) is 7.95. The number of hydrogen-bond donors (Lipinski definition) is 3. The first-order valence-electron chi connectivity index (χ1n) is 7.14. The van der Waals surface area contributed by atoms with E-state index in [9.17, 15) is 9.59 Å². The van der Waals surface area contributed by atoms with Crippen LogP contribution in [0.1, 0.15) is 5.56 Å². The summed E-state index contributed by atoms with van der Waals surface area (Å²) in [6.07, 6.45) is -0.0825. The number of benzene rings is 2. The normalized spacial score (nSPS) is 11.4. The molecular weight excluding hydrogens is 294 g/mol. The lowest BCUT2D eigenvalue weighted by Crippen LogP contribution is -2.37. The third kappa shape index (κ3) is 5.12. The van der Waals surface area contributed by atoms with Gasteiger partial charge in [-0.15, -0.1) is 0 Å². The Bertz CT molecular complexity index is 657. The summed E-state index contributed by atoms with van der Waals surface area (Å²) in [6, 6.07) is 15.6. The number of carbonyl (C=O) groups excluding carboxylic acids is 2. The van der Waals surface area contributed by atoms with Gasteiger partial charge in [-0.2, -0.15) is 0 Å². The minimum absolute atomic E-state index is 0.262. The first kappa shape index (κ1) is 16.5. The van der Waals surface area contributed by atoms with E-state index in [-0.39, 0.29) is 5.91 Å². The fourth-order valence-electron chi connectivity index (χ4n) is 2.00. The quantitative estimate of drug-likeness (QED) is 0.790. The summed E-state index contributed by atoms with van der Waals surface area (Å²) < 4.78 is 4.50. The van der Waals surface area contributed by atoms with Crippen molar-refractivity contribution >= 4 is 23.4 Å². The van der Waals surface area contributed by atoms with Gasteiger partial charge < -0.3 is 15.8 Å². The molecule has 2 rings (SSSR count). The van der Waals surface area contributed by atoms with Crippen LogP contribution in [0.4, 0.5) is 16.2 Å². The number of rotatable bonds is 5. The van der Waals surface area contributed by atoms with Crippen molar-refractivity contribution in [2.24, 2.45) is 5.73 Å². The second-order valence-corrected chi connectivity index (χ2v) is 4.98. The molecule has 2 aromatic rings. The van der Waals surface area contributed by atoms with E-state index in [0.717, 1.165) is 5.56 Å². The van der Waals surface area contributed by atoms with Crippen LogP contribution in [-0.2, 0) is 16.0 Å². The largest absolute Gasteiger partial charge is 0.453 e. The van der Waals surface area contributed by atoms with Gasteiger partial charge in [0.15, 0.2) is 0 Å². The Morgan fingerprint density at radius 3 is 2.13 bits per heavy atom. The van der Waals surface area contributed by atoms with Crippen molar-refractivity contribution in [2.75, 3.05) is 17.7 Å². The topological polar surface area (TPSA) is 93.5 Å². The molecule has 2 amide bonds. The molecule has 6 heteroatoms. The molecule has 0 aromatic heterocycles. The Morgan fingerprint density at radius 1 is 1.00 bits per heavy atom. The predicted octanol–water partition coefficient (Wildman–Crippen LogP) is 2.37. The molecule has 0 spiro atoms. The van der Waals surface area contributed by atoms with Crippen molar-refractivity contribution in [1.82, 2.24) is 0 Å². The summed E-state index contributed by atoms with van der Waals surface area (Å²) in [5, 5.41) is 5.28. The van der Waals surface area contributed by atoms with Gasteiger partial charge in [0.05, 0.1) is 13.2 Å². The Hall–Kier alpha value is -2.86. The maximum Gasteiger partial charge on any atom is 0.411 e. The van der Waals surface area contributed by atoms with Gasteiger partial charge in [0.25, 0.3) is 0 Å². The third-order valence-corrected chi connectivity index (χ3v) is 3.22. The lowest BCUT2D eigenvalue weighted by Gasteiger charge is -2.13. The van der Waals surface area contributed by atoms with Crippen LogP contribution in [0, 0.1) is 0 Å². The molecule has 0 bridgehead atoms. The molecule has 0 aliphatic carbocycles. The van der Waals surface area contributed by atoms with E-state index < -0.39 is 12.1 Å².